The summed E-state index contributed by atoms with van der Waals surface area (Å²) in [6.45, 7) is 0. The zero-order chi connectivity index (χ0) is 14.8. The fourth-order valence-corrected chi connectivity index (χ4v) is 2.65. The van der Waals surface area contributed by atoms with Crippen LogP contribution >= 0.6 is 34.8 Å². The molecule has 0 amide bonds. The molecule has 0 bridgehead atoms. The van der Waals surface area contributed by atoms with E-state index in [1.165, 1.54) is 4.68 Å². The summed E-state index contributed by atoms with van der Waals surface area (Å²) in [6, 6.07) is 13.0. The van der Waals surface area contributed by atoms with Gasteiger partial charge in [0.05, 0.1) is 11.6 Å². The summed E-state index contributed by atoms with van der Waals surface area (Å²) in [5, 5.41) is 13.0. The van der Waals surface area contributed by atoms with Gasteiger partial charge in [0.15, 0.2) is 11.0 Å². The highest BCUT2D eigenvalue weighted by molar-refractivity contribution is 6.32. The maximum atomic E-state index is 6.37. The van der Waals surface area contributed by atoms with Crippen LogP contribution in [0.25, 0.3) is 17.1 Å². The van der Waals surface area contributed by atoms with Crippen molar-refractivity contribution in [2.75, 3.05) is 0 Å². The molecule has 0 aliphatic rings. The molecule has 7 heteroatoms. The van der Waals surface area contributed by atoms with Gasteiger partial charge in [-0.1, -0.05) is 53.5 Å². The second-order valence-electron chi connectivity index (χ2n) is 4.24. The summed E-state index contributed by atoms with van der Waals surface area (Å²) in [5.74, 6) is 0.738. The molecule has 0 saturated carbocycles. The van der Waals surface area contributed by atoms with Crippen molar-refractivity contribution in [3.05, 3.63) is 58.3 Å². The summed E-state index contributed by atoms with van der Waals surface area (Å²) >= 11 is 18.1. The van der Waals surface area contributed by atoms with E-state index in [1.54, 1.807) is 12.1 Å². The largest absolute Gasteiger partial charge is 0.201 e. The second kappa shape index (κ2) is 6.02. The Balaban J connectivity index is 2.16. The summed E-state index contributed by atoms with van der Waals surface area (Å²) in [7, 11) is 0. The molecule has 0 unspecified atom stereocenters. The first-order chi connectivity index (χ1) is 10.2. The van der Waals surface area contributed by atoms with Crippen LogP contribution in [-0.2, 0) is 5.88 Å². The zero-order valence-electron chi connectivity index (χ0n) is 10.7. The van der Waals surface area contributed by atoms with Gasteiger partial charge in [-0.2, -0.15) is 5.10 Å². The van der Waals surface area contributed by atoms with Gasteiger partial charge in [0.2, 0.25) is 0 Å². The van der Waals surface area contributed by atoms with Gasteiger partial charge in [-0.15, -0.1) is 21.8 Å². The lowest BCUT2D eigenvalue weighted by molar-refractivity contribution is 0.817. The Bertz CT molecular complexity index is 754. The predicted molar refractivity (Wildman–Crippen MR) is 84.2 cm³/mol. The van der Waals surface area contributed by atoms with Gasteiger partial charge >= 0.3 is 0 Å². The van der Waals surface area contributed by atoms with Crippen molar-refractivity contribution in [2.24, 2.45) is 0 Å². The van der Waals surface area contributed by atoms with Crippen molar-refractivity contribution in [1.29, 1.82) is 0 Å². The number of nitrogens with zero attached hydrogens (tertiary/aromatic N) is 4. The SMILES string of the molecule is ClCc1c(-c2ccccc2)nn(-c2ccc(Cl)nn2)c1Cl. The van der Waals surface area contributed by atoms with Crippen molar-refractivity contribution in [3.63, 3.8) is 0 Å². The Kier molecular flexibility index (Phi) is 4.10. The third-order valence-electron chi connectivity index (χ3n) is 2.94. The average molecular weight is 340 g/mol. The van der Waals surface area contributed by atoms with Gasteiger partial charge in [-0.3, -0.25) is 0 Å². The van der Waals surface area contributed by atoms with Crippen LogP contribution in [0.5, 0.6) is 0 Å². The smallest absolute Gasteiger partial charge is 0.177 e. The normalized spacial score (nSPS) is 10.8. The van der Waals surface area contributed by atoms with E-state index < -0.39 is 0 Å². The molecule has 0 radical (unpaired) electrons. The summed E-state index contributed by atoms with van der Waals surface area (Å²) in [5.41, 5.74) is 2.42. The minimum absolute atomic E-state index is 0.254. The highest BCUT2D eigenvalue weighted by Crippen LogP contribution is 2.31. The Morgan fingerprint density at radius 3 is 2.33 bits per heavy atom. The third-order valence-corrected chi connectivity index (χ3v) is 3.79. The Hall–Kier alpha value is -1.62. The summed E-state index contributed by atoms with van der Waals surface area (Å²) in [4.78, 5) is 0. The van der Waals surface area contributed by atoms with E-state index in [-0.39, 0.29) is 5.88 Å². The molecule has 0 aliphatic heterocycles. The van der Waals surface area contributed by atoms with E-state index in [4.69, 9.17) is 34.8 Å². The Morgan fingerprint density at radius 2 is 1.71 bits per heavy atom. The van der Waals surface area contributed by atoms with Crippen LogP contribution in [0.2, 0.25) is 10.3 Å². The standard InChI is InChI=1S/C14H9Cl3N4/c15-8-10-13(9-4-2-1-3-5-9)20-21(14(10)17)12-7-6-11(16)18-19-12/h1-7H,8H2. The fraction of sp³-hybridized carbons (Fsp3) is 0.0714. The van der Waals surface area contributed by atoms with Gasteiger partial charge in [0, 0.05) is 11.1 Å². The van der Waals surface area contributed by atoms with Crippen LogP contribution < -0.4 is 0 Å². The maximum absolute atomic E-state index is 6.37. The van der Waals surface area contributed by atoms with E-state index in [1.807, 2.05) is 30.3 Å². The van der Waals surface area contributed by atoms with Crippen molar-refractivity contribution in [3.8, 4) is 17.1 Å². The quantitative estimate of drug-likeness (QED) is 0.665. The second-order valence-corrected chi connectivity index (χ2v) is 5.26. The molecular weight excluding hydrogens is 331 g/mol. The lowest BCUT2D eigenvalue weighted by atomic mass is 10.1. The van der Waals surface area contributed by atoms with Gasteiger partial charge in [0.25, 0.3) is 0 Å². The van der Waals surface area contributed by atoms with Gasteiger partial charge in [0.1, 0.15) is 5.15 Å². The molecule has 106 valence electrons. The van der Waals surface area contributed by atoms with E-state index in [0.29, 0.717) is 16.1 Å². The molecule has 1 aromatic carbocycles. The Labute approximate surface area is 136 Å². The monoisotopic (exact) mass is 338 g/mol. The molecule has 21 heavy (non-hydrogen) atoms. The van der Waals surface area contributed by atoms with Gasteiger partial charge in [-0.25, -0.2) is 4.68 Å². The van der Waals surface area contributed by atoms with Gasteiger partial charge < -0.3 is 0 Å². The van der Waals surface area contributed by atoms with Crippen molar-refractivity contribution in [2.45, 2.75) is 5.88 Å². The zero-order valence-corrected chi connectivity index (χ0v) is 12.9. The van der Waals surface area contributed by atoms with Crippen LogP contribution in [0.3, 0.4) is 0 Å². The average Bonchev–Trinajstić information content (AvgIpc) is 2.86. The molecule has 0 N–H and O–H groups in total. The predicted octanol–water partition coefficient (Wildman–Crippen LogP) is 4.37. The summed E-state index contributed by atoms with van der Waals surface area (Å²) in [6.07, 6.45) is 0. The van der Waals surface area contributed by atoms with Crippen LogP contribution in [0.15, 0.2) is 42.5 Å². The van der Waals surface area contributed by atoms with Gasteiger partial charge in [-0.05, 0) is 12.1 Å². The van der Waals surface area contributed by atoms with Crippen LogP contribution in [0.1, 0.15) is 5.56 Å². The van der Waals surface area contributed by atoms with Crippen LogP contribution in [0, 0.1) is 0 Å². The minimum Gasteiger partial charge on any atom is -0.201 e. The van der Waals surface area contributed by atoms with Crippen LogP contribution in [0.4, 0.5) is 0 Å². The van der Waals surface area contributed by atoms with E-state index in [9.17, 15) is 0 Å². The first-order valence-electron chi connectivity index (χ1n) is 6.09. The maximum Gasteiger partial charge on any atom is 0.177 e. The lowest BCUT2D eigenvalue weighted by Gasteiger charge is -2.00. The fourth-order valence-electron chi connectivity index (χ4n) is 1.95. The third kappa shape index (κ3) is 2.75. The Morgan fingerprint density at radius 1 is 0.952 bits per heavy atom. The number of benzene rings is 1. The molecule has 0 fully saturated rings. The number of halogens is 3. The molecule has 4 nitrogen and oxygen atoms in total. The first-order valence-corrected chi connectivity index (χ1v) is 7.38. The van der Waals surface area contributed by atoms with Crippen molar-refractivity contribution >= 4 is 34.8 Å². The summed E-state index contributed by atoms with van der Waals surface area (Å²) < 4.78 is 1.50. The van der Waals surface area contributed by atoms with E-state index in [0.717, 1.165) is 16.8 Å². The molecule has 0 saturated heterocycles. The first kappa shape index (κ1) is 14.3. The van der Waals surface area contributed by atoms with E-state index >= 15 is 0 Å². The number of alkyl halides is 1. The molecule has 2 aromatic heterocycles. The molecule has 0 aliphatic carbocycles. The highest BCUT2D eigenvalue weighted by Gasteiger charge is 2.18. The molecule has 0 atom stereocenters. The van der Waals surface area contributed by atoms with Crippen molar-refractivity contribution in [1.82, 2.24) is 20.0 Å². The van der Waals surface area contributed by atoms with Crippen LogP contribution in [-0.4, -0.2) is 20.0 Å². The van der Waals surface area contributed by atoms with E-state index in [2.05, 4.69) is 15.3 Å². The minimum atomic E-state index is 0.254. The number of hydrogen-bond acceptors (Lipinski definition) is 3. The molecule has 2 heterocycles. The number of rotatable bonds is 3. The lowest BCUT2D eigenvalue weighted by Crippen LogP contribution is -2.01. The number of aromatic nitrogens is 4. The molecule has 3 rings (SSSR count). The highest BCUT2D eigenvalue weighted by atomic mass is 35.5. The molecular formula is C14H9Cl3N4. The topological polar surface area (TPSA) is 43.6 Å². The molecule has 0 spiro atoms. The molecule has 3 aromatic rings. The van der Waals surface area contributed by atoms with Crippen molar-refractivity contribution < 1.29 is 0 Å². The number of hydrogen-bond donors (Lipinski definition) is 0.